The van der Waals surface area contributed by atoms with Crippen LogP contribution in [0, 0.1) is 0 Å². The summed E-state index contributed by atoms with van der Waals surface area (Å²) in [7, 11) is 0. The van der Waals surface area contributed by atoms with Gasteiger partial charge in [0.15, 0.2) is 0 Å². The highest BCUT2D eigenvalue weighted by Gasteiger charge is 2.37. The van der Waals surface area contributed by atoms with Crippen LogP contribution in [-0.4, -0.2) is 48.3 Å². The molecule has 1 rings (SSSR count). The molecule has 0 bridgehead atoms. The maximum Gasteiger partial charge on any atom is 0.135 e. The molecule has 1 fully saturated rings. The Labute approximate surface area is 76.7 Å². The number of hydrogen-bond donors (Lipinski definition) is 0. The van der Waals surface area contributed by atoms with Crippen molar-refractivity contribution in [2.24, 2.45) is 0 Å². The van der Waals surface area contributed by atoms with Crippen LogP contribution < -0.4 is 0 Å². The van der Waals surface area contributed by atoms with E-state index >= 15 is 0 Å². The van der Waals surface area contributed by atoms with E-state index in [-0.39, 0.29) is 0 Å². The molecule has 0 aromatic carbocycles. The van der Waals surface area contributed by atoms with Crippen molar-refractivity contribution in [3.63, 3.8) is 0 Å². The minimum absolute atomic E-state index is 0.787. The summed E-state index contributed by atoms with van der Waals surface area (Å²) in [6.45, 7) is 15.7. The van der Waals surface area contributed by atoms with Crippen molar-refractivity contribution >= 4 is 0 Å². The van der Waals surface area contributed by atoms with E-state index in [0.717, 1.165) is 6.04 Å². The summed E-state index contributed by atoms with van der Waals surface area (Å²) in [5, 5.41) is 0. The summed E-state index contributed by atoms with van der Waals surface area (Å²) in [6.07, 6.45) is 0. The second-order valence-corrected chi connectivity index (χ2v) is 4.05. The number of rotatable bonds is 3. The Balaban J connectivity index is 2.61. The molecule has 72 valence electrons. The molecule has 2 nitrogen and oxygen atoms in total. The first kappa shape index (κ1) is 10.0. The van der Waals surface area contributed by atoms with Crippen molar-refractivity contribution in [3.05, 3.63) is 0 Å². The summed E-state index contributed by atoms with van der Waals surface area (Å²) in [5.74, 6) is 0. The van der Waals surface area contributed by atoms with Crippen LogP contribution >= 0.6 is 0 Å². The van der Waals surface area contributed by atoms with E-state index in [4.69, 9.17) is 0 Å². The van der Waals surface area contributed by atoms with Crippen LogP contribution in [0.15, 0.2) is 0 Å². The predicted molar refractivity (Wildman–Crippen MR) is 52.9 cm³/mol. The average Bonchev–Trinajstić information content (AvgIpc) is 2.43. The Morgan fingerprint density at radius 3 is 2.08 bits per heavy atom. The lowest BCUT2D eigenvalue weighted by Crippen LogP contribution is -2.46. The van der Waals surface area contributed by atoms with Crippen LogP contribution in [0.25, 0.3) is 0 Å². The molecular weight excluding hydrogens is 148 g/mol. The van der Waals surface area contributed by atoms with Gasteiger partial charge in [0.05, 0.1) is 25.7 Å². The zero-order valence-electron chi connectivity index (χ0n) is 9.01. The lowest BCUT2D eigenvalue weighted by atomic mass is 10.3. The van der Waals surface area contributed by atoms with E-state index in [2.05, 4.69) is 32.6 Å². The van der Waals surface area contributed by atoms with Crippen LogP contribution in [0.4, 0.5) is 0 Å². The zero-order chi connectivity index (χ0) is 9.19. The fourth-order valence-corrected chi connectivity index (χ4v) is 2.35. The molecule has 0 aromatic rings. The maximum absolute atomic E-state index is 2.59. The monoisotopic (exact) mass is 171 g/mol. The molecule has 12 heavy (non-hydrogen) atoms. The fraction of sp³-hybridized carbons (Fsp3) is 1.00. The van der Waals surface area contributed by atoms with Crippen molar-refractivity contribution < 1.29 is 4.48 Å². The Morgan fingerprint density at radius 2 is 1.83 bits per heavy atom. The molecule has 0 saturated carbocycles. The van der Waals surface area contributed by atoms with Gasteiger partial charge in [-0.1, -0.05) is 6.92 Å². The molecule has 0 radical (unpaired) electrons. The minimum atomic E-state index is 0.787. The highest BCUT2D eigenvalue weighted by molar-refractivity contribution is 4.69. The normalized spacial score (nSPS) is 29.5. The summed E-state index contributed by atoms with van der Waals surface area (Å²) >= 11 is 0. The summed E-state index contributed by atoms with van der Waals surface area (Å²) in [6, 6.07) is 0.787. The Bertz CT molecular complexity index is 141. The number of likely N-dealkylation sites (N-methyl/N-ethyl adjacent to an activating group) is 2. The number of quaternary nitrogens is 1. The molecule has 1 atom stereocenters. The molecule has 1 aliphatic rings. The summed E-state index contributed by atoms with van der Waals surface area (Å²) < 4.78 is 1.30. The maximum atomic E-state index is 2.59. The first-order valence-corrected chi connectivity index (χ1v) is 5.26. The highest BCUT2D eigenvalue weighted by atomic mass is 15.5. The van der Waals surface area contributed by atoms with E-state index in [9.17, 15) is 0 Å². The third kappa shape index (κ3) is 1.64. The van der Waals surface area contributed by atoms with E-state index in [1.807, 2.05) is 0 Å². The SMILES string of the molecule is CCN1C[N+](CC)(CC)CC1C. The molecule has 0 N–H and O–H groups in total. The molecular formula is C10H23N2+. The van der Waals surface area contributed by atoms with E-state index in [1.165, 1.54) is 37.3 Å². The second-order valence-electron chi connectivity index (χ2n) is 4.05. The first-order chi connectivity index (χ1) is 5.67. The molecule has 0 amide bonds. The smallest absolute Gasteiger partial charge is 0.135 e. The van der Waals surface area contributed by atoms with Gasteiger partial charge in [-0.05, 0) is 20.8 Å². The van der Waals surface area contributed by atoms with Crippen LogP contribution in [0.1, 0.15) is 27.7 Å². The van der Waals surface area contributed by atoms with Gasteiger partial charge in [0.2, 0.25) is 0 Å². The molecule has 1 unspecified atom stereocenters. The molecule has 1 heterocycles. The van der Waals surface area contributed by atoms with Crippen molar-refractivity contribution in [1.29, 1.82) is 0 Å². The van der Waals surface area contributed by atoms with E-state index in [1.54, 1.807) is 0 Å². The number of hydrogen-bond acceptors (Lipinski definition) is 1. The molecule has 0 spiro atoms. The largest absolute Gasteiger partial charge is 0.310 e. The van der Waals surface area contributed by atoms with Gasteiger partial charge in [0, 0.05) is 6.54 Å². The summed E-state index contributed by atoms with van der Waals surface area (Å²) in [5.41, 5.74) is 0. The molecule has 0 aromatic heterocycles. The molecule has 2 heteroatoms. The zero-order valence-corrected chi connectivity index (χ0v) is 9.01. The van der Waals surface area contributed by atoms with Gasteiger partial charge in [0.1, 0.15) is 6.67 Å². The Morgan fingerprint density at radius 1 is 1.25 bits per heavy atom. The van der Waals surface area contributed by atoms with Gasteiger partial charge >= 0.3 is 0 Å². The van der Waals surface area contributed by atoms with Gasteiger partial charge in [-0.2, -0.15) is 0 Å². The Kier molecular flexibility index (Phi) is 3.13. The lowest BCUT2D eigenvalue weighted by Gasteiger charge is -2.31. The van der Waals surface area contributed by atoms with Crippen LogP contribution in [0.5, 0.6) is 0 Å². The lowest BCUT2D eigenvalue weighted by molar-refractivity contribution is -0.918. The van der Waals surface area contributed by atoms with Crippen LogP contribution in [0.3, 0.4) is 0 Å². The van der Waals surface area contributed by atoms with Gasteiger partial charge in [-0.15, -0.1) is 0 Å². The van der Waals surface area contributed by atoms with Crippen LogP contribution in [-0.2, 0) is 0 Å². The van der Waals surface area contributed by atoms with Crippen LogP contribution in [0.2, 0.25) is 0 Å². The Hall–Kier alpha value is -0.0800. The number of nitrogens with zero attached hydrogens (tertiary/aromatic N) is 2. The van der Waals surface area contributed by atoms with Gasteiger partial charge in [-0.3, -0.25) is 0 Å². The highest BCUT2D eigenvalue weighted by Crippen LogP contribution is 2.20. The van der Waals surface area contributed by atoms with Crippen molar-refractivity contribution in [3.8, 4) is 0 Å². The minimum Gasteiger partial charge on any atom is -0.310 e. The quantitative estimate of drug-likeness (QED) is 0.582. The fourth-order valence-electron chi connectivity index (χ4n) is 2.35. The molecule has 1 saturated heterocycles. The average molecular weight is 171 g/mol. The van der Waals surface area contributed by atoms with Gasteiger partial charge in [-0.25, -0.2) is 4.90 Å². The van der Waals surface area contributed by atoms with Crippen molar-refractivity contribution in [1.82, 2.24) is 4.90 Å². The van der Waals surface area contributed by atoms with Gasteiger partial charge in [0.25, 0.3) is 0 Å². The first-order valence-electron chi connectivity index (χ1n) is 5.26. The van der Waals surface area contributed by atoms with Gasteiger partial charge < -0.3 is 4.48 Å². The topological polar surface area (TPSA) is 3.24 Å². The standard InChI is InChI=1S/C10H23N2/c1-5-11-9-12(6-2,7-3)8-10(11)4/h10H,5-9H2,1-4H3/q+1. The second kappa shape index (κ2) is 3.75. The third-order valence-electron chi connectivity index (χ3n) is 3.50. The van der Waals surface area contributed by atoms with E-state index < -0.39 is 0 Å². The summed E-state index contributed by atoms with van der Waals surface area (Å²) in [4.78, 5) is 2.59. The molecule has 0 aliphatic carbocycles. The third-order valence-corrected chi connectivity index (χ3v) is 3.50. The van der Waals surface area contributed by atoms with Crippen molar-refractivity contribution in [2.45, 2.75) is 33.7 Å². The van der Waals surface area contributed by atoms with E-state index in [0.29, 0.717) is 0 Å². The molecule has 1 aliphatic heterocycles. The van der Waals surface area contributed by atoms with Crippen molar-refractivity contribution in [2.75, 3.05) is 32.8 Å². The predicted octanol–water partition coefficient (Wildman–Crippen LogP) is 1.52.